The zero-order valence-electron chi connectivity index (χ0n) is 11.7. The summed E-state index contributed by atoms with van der Waals surface area (Å²) < 4.78 is 5.14. The van der Waals surface area contributed by atoms with E-state index in [0.717, 1.165) is 22.7 Å². The monoisotopic (exact) mass is 277 g/mol. The summed E-state index contributed by atoms with van der Waals surface area (Å²) in [4.78, 5) is 8.78. The Labute approximate surface area is 123 Å². The zero-order valence-corrected chi connectivity index (χ0v) is 11.7. The molecule has 0 atom stereocenters. The average molecular weight is 277 g/mol. The van der Waals surface area contributed by atoms with Gasteiger partial charge in [0.25, 0.3) is 0 Å². The van der Waals surface area contributed by atoms with Gasteiger partial charge in [-0.3, -0.25) is 0 Å². The van der Waals surface area contributed by atoms with Gasteiger partial charge in [0.15, 0.2) is 0 Å². The molecule has 3 rings (SSSR count). The van der Waals surface area contributed by atoms with Crippen LogP contribution in [0.5, 0.6) is 5.75 Å². The molecule has 1 N–H and O–H groups in total. The third-order valence-electron chi connectivity index (χ3n) is 3.07. The smallest absolute Gasteiger partial charge is 0.227 e. The highest BCUT2D eigenvalue weighted by atomic mass is 16.5. The zero-order chi connectivity index (χ0) is 14.5. The van der Waals surface area contributed by atoms with E-state index in [4.69, 9.17) is 4.74 Å². The maximum Gasteiger partial charge on any atom is 0.227 e. The highest BCUT2D eigenvalue weighted by Crippen LogP contribution is 2.20. The van der Waals surface area contributed by atoms with Crippen LogP contribution in [0.1, 0.15) is 0 Å². The van der Waals surface area contributed by atoms with Gasteiger partial charge >= 0.3 is 0 Å². The molecule has 21 heavy (non-hydrogen) atoms. The van der Waals surface area contributed by atoms with Crippen LogP contribution in [0.15, 0.2) is 66.9 Å². The number of nitrogens with zero attached hydrogens (tertiary/aromatic N) is 2. The molecule has 1 aromatic heterocycles. The van der Waals surface area contributed by atoms with Crippen LogP contribution in [-0.2, 0) is 0 Å². The van der Waals surface area contributed by atoms with Crippen LogP contribution >= 0.6 is 0 Å². The van der Waals surface area contributed by atoms with Crippen LogP contribution in [-0.4, -0.2) is 17.1 Å². The number of ether oxygens (including phenoxy) is 1. The Morgan fingerprint density at radius 2 is 1.67 bits per heavy atom. The first-order valence-electron chi connectivity index (χ1n) is 6.65. The van der Waals surface area contributed by atoms with E-state index < -0.39 is 0 Å². The standard InChI is InChI=1S/C17H15N3O/c1-21-15-9-7-14(8-10-15)19-17-18-12-11-16(20-17)13-5-3-2-4-6-13/h2-12H,1H3,(H,18,19,20). The molecule has 0 saturated carbocycles. The molecule has 0 unspecified atom stereocenters. The normalized spacial score (nSPS) is 10.1. The largest absolute Gasteiger partial charge is 0.497 e. The Morgan fingerprint density at radius 3 is 2.38 bits per heavy atom. The molecule has 0 radical (unpaired) electrons. The molecular formula is C17H15N3O. The first-order valence-corrected chi connectivity index (χ1v) is 6.65. The summed E-state index contributed by atoms with van der Waals surface area (Å²) in [5, 5.41) is 3.19. The molecule has 0 aliphatic rings. The lowest BCUT2D eigenvalue weighted by Crippen LogP contribution is -1.97. The number of benzene rings is 2. The minimum absolute atomic E-state index is 0.571. The van der Waals surface area contributed by atoms with Crippen molar-refractivity contribution in [3.05, 3.63) is 66.9 Å². The van der Waals surface area contributed by atoms with Crippen LogP contribution in [0, 0.1) is 0 Å². The summed E-state index contributed by atoms with van der Waals surface area (Å²) >= 11 is 0. The lowest BCUT2D eigenvalue weighted by molar-refractivity contribution is 0.415. The molecule has 104 valence electrons. The second kappa shape index (κ2) is 6.05. The molecule has 4 nitrogen and oxygen atoms in total. The highest BCUT2D eigenvalue weighted by Gasteiger charge is 2.02. The minimum Gasteiger partial charge on any atom is -0.497 e. The molecule has 0 aliphatic heterocycles. The summed E-state index contributed by atoms with van der Waals surface area (Å²) in [6.07, 6.45) is 1.75. The van der Waals surface area contributed by atoms with Crippen LogP contribution < -0.4 is 10.1 Å². The van der Waals surface area contributed by atoms with Gasteiger partial charge in [-0.05, 0) is 30.3 Å². The van der Waals surface area contributed by atoms with E-state index >= 15 is 0 Å². The van der Waals surface area contributed by atoms with Gasteiger partial charge < -0.3 is 10.1 Å². The van der Waals surface area contributed by atoms with Gasteiger partial charge in [0.2, 0.25) is 5.95 Å². The number of aromatic nitrogens is 2. The summed E-state index contributed by atoms with van der Waals surface area (Å²) in [6.45, 7) is 0. The Bertz CT molecular complexity index is 712. The number of hydrogen-bond donors (Lipinski definition) is 1. The van der Waals surface area contributed by atoms with E-state index in [9.17, 15) is 0 Å². The van der Waals surface area contributed by atoms with Crippen LogP contribution in [0.2, 0.25) is 0 Å². The van der Waals surface area contributed by atoms with Crippen LogP contribution in [0.4, 0.5) is 11.6 Å². The van der Waals surface area contributed by atoms with Gasteiger partial charge in [0.1, 0.15) is 5.75 Å². The first kappa shape index (κ1) is 13.1. The second-order valence-electron chi connectivity index (χ2n) is 4.49. The summed E-state index contributed by atoms with van der Waals surface area (Å²) in [5.74, 6) is 1.39. The Morgan fingerprint density at radius 1 is 0.905 bits per heavy atom. The molecule has 0 amide bonds. The van der Waals surface area contributed by atoms with Crippen molar-refractivity contribution in [3.63, 3.8) is 0 Å². The van der Waals surface area contributed by atoms with Crippen molar-refractivity contribution in [3.8, 4) is 17.0 Å². The van der Waals surface area contributed by atoms with Crippen molar-refractivity contribution < 1.29 is 4.74 Å². The molecule has 3 aromatic rings. The number of anilines is 2. The van der Waals surface area contributed by atoms with Crippen molar-refractivity contribution in [2.75, 3.05) is 12.4 Å². The van der Waals surface area contributed by atoms with Gasteiger partial charge in [-0.1, -0.05) is 30.3 Å². The maximum absolute atomic E-state index is 5.14. The quantitative estimate of drug-likeness (QED) is 0.785. The van der Waals surface area contributed by atoms with Crippen LogP contribution in [0.3, 0.4) is 0 Å². The molecule has 0 spiro atoms. The van der Waals surface area contributed by atoms with Gasteiger partial charge in [-0.15, -0.1) is 0 Å². The maximum atomic E-state index is 5.14. The van der Waals surface area contributed by atoms with E-state index in [1.807, 2.05) is 60.7 Å². The molecule has 0 fully saturated rings. The van der Waals surface area contributed by atoms with E-state index in [2.05, 4.69) is 15.3 Å². The van der Waals surface area contributed by atoms with Gasteiger partial charge in [-0.2, -0.15) is 0 Å². The van der Waals surface area contributed by atoms with E-state index in [-0.39, 0.29) is 0 Å². The Kier molecular flexibility index (Phi) is 3.78. The molecule has 2 aromatic carbocycles. The van der Waals surface area contributed by atoms with E-state index in [1.165, 1.54) is 0 Å². The topological polar surface area (TPSA) is 47.0 Å². The average Bonchev–Trinajstić information content (AvgIpc) is 2.57. The van der Waals surface area contributed by atoms with Crippen molar-refractivity contribution in [2.24, 2.45) is 0 Å². The molecule has 0 saturated heterocycles. The predicted molar refractivity (Wildman–Crippen MR) is 83.7 cm³/mol. The summed E-state index contributed by atoms with van der Waals surface area (Å²) in [5.41, 5.74) is 2.88. The van der Waals surface area contributed by atoms with Crippen LogP contribution in [0.25, 0.3) is 11.3 Å². The summed E-state index contributed by atoms with van der Waals surface area (Å²) in [7, 11) is 1.65. The number of methoxy groups -OCH3 is 1. The van der Waals surface area contributed by atoms with Crippen molar-refractivity contribution in [1.82, 2.24) is 9.97 Å². The molecule has 0 bridgehead atoms. The molecule has 1 heterocycles. The van der Waals surface area contributed by atoms with Crippen molar-refractivity contribution >= 4 is 11.6 Å². The molecule has 0 aliphatic carbocycles. The first-order chi connectivity index (χ1) is 10.3. The number of hydrogen-bond acceptors (Lipinski definition) is 4. The fourth-order valence-electron chi connectivity index (χ4n) is 1.99. The van der Waals surface area contributed by atoms with Crippen molar-refractivity contribution in [1.29, 1.82) is 0 Å². The van der Waals surface area contributed by atoms with E-state index in [1.54, 1.807) is 13.3 Å². The minimum atomic E-state index is 0.571. The lowest BCUT2D eigenvalue weighted by Gasteiger charge is -2.07. The number of nitrogens with one attached hydrogen (secondary N) is 1. The highest BCUT2D eigenvalue weighted by molar-refractivity contribution is 5.62. The van der Waals surface area contributed by atoms with Gasteiger partial charge in [0, 0.05) is 17.4 Å². The molecular weight excluding hydrogens is 262 g/mol. The van der Waals surface area contributed by atoms with E-state index in [0.29, 0.717) is 5.95 Å². The summed E-state index contributed by atoms with van der Waals surface area (Å²) in [6, 6.07) is 19.6. The second-order valence-corrected chi connectivity index (χ2v) is 4.49. The predicted octanol–water partition coefficient (Wildman–Crippen LogP) is 3.90. The fraction of sp³-hybridized carbons (Fsp3) is 0.0588. The Balaban J connectivity index is 1.83. The van der Waals surface area contributed by atoms with Crippen molar-refractivity contribution in [2.45, 2.75) is 0 Å². The third kappa shape index (κ3) is 3.17. The SMILES string of the molecule is COc1ccc(Nc2nccc(-c3ccccc3)n2)cc1. The van der Waals surface area contributed by atoms with Gasteiger partial charge in [0.05, 0.1) is 12.8 Å². The fourth-order valence-corrected chi connectivity index (χ4v) is 1.99. The lowest BCUT2D eigenvalue weighted by atomic mass is 10.1. The number of rotatable bonds is 4. The molecule has 4 heteroatoms. The van der Waals surface area contributed by atoms with Gasteiger partial charge in [-0.25, -0.2) is 9.97 Å². The Hall–Kier alpha value is -2.88. The third-order valence-corrected chi connectivity index (χ3v) is 3.07.